The monoisotopic (exact) mass is 477 g/mol. The Hall–Kier alpha value is -2.49. The molecule has 1 fully saturated rings. The molecule has 0 N–H and O–H groups in total. The van der Waals surface area contributed by atoms with Crippen LogP contribution in [0.3, 0.4) is 0 Å². The average Bonchev–Trinajstić information content (AvgIpc) is 2.80. The van der Waals surface area contributed by atoms with Gasteiger partial charge < -0.3 is 9.64 Å². The van der Waals surface area contributed by atoms with E-state index in [0.717, 1.165) is 16.7 Å². The number of benzene rings is 2. The van der Waals surface area contributed by atoms with Crippen molar-refractivity contribution in [1.82, 2.24) is 14.1 Å². The zero-order valence-corrected chi connectivity index (χ0v) is 20.5. The second-order valence-corrected chi connectivity index (χ2v) is 10.2. The second-order valence-electron chi connectivity index (χ2n) is 8.30. The lowest BCUT2D eigenvalue weighted by molar-refractivity contribution is -0.133. The second kappa shape index (κ2) is 10.6. The zero-order valence-electron chi connectivity index (χ0n) is 19.7. The number of carbonyl (C=O) groups excluding carboxylic acids is 1. The van der Waals surface area contributed by atoms with Gasteiger partial charge in [0, 0.05) is 32.7 Å². The molecule has 2 aromatic rings. The molecular formula is C24H32FN3O4S. The van der Waals surface area contributed by atoms with Crippen LogP contribution in [0.15, 0.2) is 41.3 Å². The Labute approximate surface area is 195 Å². The van der Waals surface area contributed by atoms with Gasteiger partial charge in [0.25, 0.3) is 0 Å². The maximum atomic E-state index is 14.0. The van der Waals surface area contributed by atoms with E-state index >= 15 is 0 Å². The minimum Gasteiger partial charge on any atom is -0.494 e. The van der Waals surface area contributed by atoms with E-state index in [2.05, 4.69) is 0 Å². The van der Waals surface area contributed by atoms with E-state index in [9.17, 15) is 17.6 Å². The van der Waals surface area contributed by atoms with E-state index < -0.39 is 15.8 Å². The van der Waals surface area contributed by atoms with Gasteiger partial charge in [-0.3, -0.25) is 9.69 Å². The van der Waals surface area contributed by atoms with Crippen molar-refractivity contribution in [3.63, 3.8) is 0 Å². The van der Waals surface area contributed by atoms with Crippen molar-refractivity contribution in [2.45, 2.75) is 32.2 Å². The number of rotatable bonds is 8. The van der Waals surface area contributed by atoms with Gasteiger partial charge in [0.15, 0.2) is 11.6 Å². The van der Waals surface area contributed by atoms with Crippen molar-refractivity contribution in [2.24, 2.45) is 0 Å². The molecule has 7 nitrogen and oxygen atoms in total. The van der Waals surface area contributed by atoms with Crippen LogP contribution in [0.1, 0.15) is 23.6 Å². The van der Waals surface area contributed by atoms with E-state index in [-0.39, 0.29) is 36.2 Å². The molecule has 0 radical (unpaired) electrons. The van der Waals surface area contributed by atoms with Gasteiger partial charge in [-0.25, -0.2) is 12.8 Å². The number of nitrogens with zero attached hydrogens (tertiary/aromatic N) is 3. The molecule has 180 valence electrons. The predicted octanol–water partition coefficient (Wildman–Crippen LogP) is 2.81. The van der Waals surface area contributed by atoms with Crippen LogP contribution in [0.2, 0.25) is 0 Å². The molecular weight excluding hydrogens is 445 g/mol. The van der Waals surface area contributed by atoms with Crippen molar-refractivity contribution in [3.05, 3.63) is 58.9 Å². The maximum Gasteiger partial charge on any atom is 0.243 e. The third-order valence-corrected chi connectivity index (χ3v) is 8.03. The number of halogens is 1. The first-order valence-electron chi connectivity index (χ1n) is 11.1. The van der Waals surface area contributed by atoms with Gasteiger partial charge in [0.2, 0.25) is 15.9 Å². The summed E-state index contributed by atoms with van der Waals surface area (Å²) in [6, 6.07) is 9.93. The highest BCUT2D eigenvalue weighted by molar-refractivity contribution is 7.89. The van der Waals surface area contributed by atoms with Crippen molar-refractivity contribution in [2.75, 3.05) is 46.4 Å². The number of amides is 1. The van der Waals surface area contributed by atoms with Crippen LogP contribution in [-0.2, 0) is 21.4 Å². The van der Waals surface area contributed by atoms with Crippen molar-refractivity contribution in [3.8, 4) is 5.75 Å². The maximum absolute atomic E-state index is 14.0. The van der Waals surface area contributed by atoms with Gasteiger partial charge >= 0.3 is 0 Å². The summed E-state index contributed by atoms with van der Waals surface area (Å²) in [4.78, 5) is 16.8. The highest BCUT2D eigenvalue weighted by Crippen LogP contribution is 2.21. The molecule has 0 unspecified atom stereocenters. The Morgan fingerprint density at radius 3 is 2.33 bits per heavy atom. The Bertz CT molecular complexity index is 1100. The number of aryl methyl sites for hydroxylation is 2. The van der Waals surface area contributed by atoms with Gasteiger partial charge in [-0.15, -0.1) is 0 Å². The van der Waals surface area contributed by atoms with Crippen LogP contribution in [0.5, 0.6) is 5.75 Å². The minimum atomic E-state index is -3.59. The predicted molar refractivity (Wildman–Crippen MR) is 125 cm³/mol. The summed E-state index contributed by atoms with van der Waals surface area (Å²) >= 11 is 0. The fraction of sp³-hybridized carbons (Fsp3) is 0.458. The molecule has 0 aliphatic carbocycles. The number of likely N-dealkylation sites (N-methyl/N-ethyl adjacent to an activating group) is 1. The number of sulfonamides is 1. The smallest absolute Gasteiger partial charge is 0.243 e. The quantitative estimate of drug-likeness (QED) is 0.585. The molecule has 2 aromatic carbocycles. The molecule has 3 rings (SSSR count). The molecule has 1 saturated heterocycles. The Morgan fingerprint density at radius 2 is 1.76 bits per heavy atom. The third kappa shape index (κ3) is 5.90. The number of carbonyl (C=O) groups is 1. The molecule has 0 bridgehead atoms. The Kier molecular flexibility index (Phi) is 8.10. The fourth-order valence-electron chi connectivity index (χ4n) is 3.84. The first-order valence-corrected chi connectivity index (χ1v) is 12.5. The van der Waals surface area contributed by atoms with Gasteiger partial charge in [0.1, 0.15) is 0 Å². The highest BCUT2D eigenvalue weighted by Gasteiger charge is 2.30. The summed E-state index contributed by atoms with van der Waals surface area (Å²) in [6.45, 7) is 8.24. The highest BCUT2D eigenvalue weighted by atomic mass is 32.2. The number of methoxy groups -OCH3 is 1. The first kappa shape index (κ1) is 25.1. The molecule has 9 heteroatoms. The number of piperazine rings is 1. The summed E-state index contributed by atoms with van der Waals surface area (Å²) < 4.78 is 46.4. The zero-order chi connectivity index (χ0) is 24.2. The summed E-state index contributed by atoms with van der Waals surface area (Å²) in [7, 11) is -2.17. The molecule has 1 amide bonds. The van der Waals surface area contributed by atoms with Crippen molar-refractivity contribution < 1.29 is 22.3 Å². The SMILES string of the molecule is CCN(CC(=O)N1CCN(S(=O)(=O)c2ccc(C)c(C)c2)CC1)Cc1ccc(OC)c(F)c1. The summed E-state index contributed by atoms with van der Waals surface area (Å²) in [5, 5.41) is 0. The van der Waals surface area contributed by atoms with Crippen LogP contribution in [-0.4, -0.2) is 74.8 Å². The number of hydrogen-bond donors (Lipinski definition) is 0. The van der Waals surface area contributed by atoms with Crippen LogP contribution in [0, 0.1) is 19.7 Å². The normalized spacial score (nSPS) is 15.2. The largest absolute Gasteiger partial charge is 0.494 e. The van der Waals surface area contributed by atoms with Crippen LogP contribution < -0.4 is 4.74 Å². The van der Waals surface area contributed by atoms with E-state index in [1.54, 1.807) is 29.2 Å². The lowest BCUT2D eigenvalue weighted by Crippen LogP contribution is -2.52. The topological polar surface area (TPSA) is 70.2 Å². The molecule has 0 spiro atoms. The van der Waals surface area contributed by atoms with Gasteiger partial charge in [-0.2, -0.15) is 4.31 Å². The Morgan fingerprint density at radius 1 is 1.06 bits per heavy atom. The molecule has 0 atom stereocenters. The van der Waals surface area contributed by atoms with Crippen molar-refractivity contribution >= 4 is 15.9 Å². The van der Waals surface area contributed by atoms with Gasteiger partial charge in [0.05, 0.1) is 18.6 Å². The van der Waals surface area contributed by atoms with E-state index in [1.165, 1.54) is 17.5 Å². The third-order valence-electron chi connectivity index (χ3n) is 6.14. The van der Waals surface area contributed by atoms with Crippen LogP contribution in [0.4, 0.5) is 4.39 Å². The van der Waals surface area contributed by atoms with E-state index in [1.807, 2.05) is 31.7 Å². The van der Waals surface area contributed by atoms with Crippen LogP contribution in [0.25, 0.3) is 0 Å². The lowest BCUT2D eigenvalue weighted by Gasteiger charge is -2.35. The van der Waals surface area contributed by atoms with E-state index in [4.69, 9.17) is 4.74 Å². The summed E-state index contributed by atoms with van der Waals surface area (Å²) in [5.41, 5.74) is 2.73. The lowest BCUT2D eigenvalue weighted by atomic mass is 10.1. The van der Waals surface area contributed by atoms with Gasteiger partial charge in [-0.05, 0) is 61.3 Å². The van der Waals surface area contributed by atoms with E-state index in [0.29, 0.717) is 26.2 Å². The molecule has 0 saturated carbocycles. The molecule has 0 aromatic heterocycles. The summed E-state index contributed by atoms with van der Waals surface area (Å²) in [6.07, 6.45) is 0. The molecule has 1 aliphatic heterocycles. The Balaban J connectivity index is 1.57. The van der Waals surface area contributed by atoms with Crippen LogP contribution >= 0.6 is 0 Å². The first-order chi connectivity index (χ1) is 15.6. The summed E-state index contributed by atoms with van der Waals surface area (Å²) in [5.74, 6) is -0.306. The molecule has 1 heterocycles. The molecule has 1 aliphatic rings. The number of hydrogen-bond acceptors (Lipinski definition) is 5. The average molecular weight is 478 g/mol. The standard InChI is InChI=1S/C24H32FN3O4S/c1-5-26(16-20-7-9-23(32-4)22(25)15-20)17-24(29)27-10-12-28(13-11-27)33(30,31)21-8-6-18(2)19(3)14-21/h6-9,14-15H,5,10-13,16-17H2,1-4H3. The minimum absolute atomic E-state index is 0.0611. The molecule has 33 heavy (non-hydrogen) atoms. The van der Waals surface area contributed by atoms with Gasteiger partial charge in [-0.1, -0.05) is 19.1 Å². The number of ether oxygens (including phenoxy) is 1. The fourth-order valence-corrected chi connectivity index (χ4v) is 5.35. The van der Waals surface area contributed by atoms with Crippen molar-refractivity contribution in [1.29, 1.82) is 0 Å².